The summed E-state index contributed by atoms with van der Waals surface area (Å²) >= 11 is 0. The highest BCUT2D eigenvalue weighted by Crippen LogP contribution is 2.07. The lowest BCUT2D eigenvalue weighted by Crippen LogP contribution is -2.25. The van der Waals surface area contributed by atoms with Crippen molar-refractivity contribution in [3.63, 3.8) is 0 Å². The number of nitrogens with zero attached hydrogens (tertiary/aromatic N) is 3. The molecule has 0 aromatic carbocycles. The van der Waals surface area contributed by atoms with Gasteiger partial charge in [0.25, 0.3) is 0 Å². The number of carboxylic acid groups (broad SMARTS) is 1. The van der Waals surface area contributed by atoms with Gasteiger partial charge in [0.2, 0.25) is 5.95 Å². The number of likely N-dealkylation sites (N-methyl/N-ethyl adjacent to an activating group) is 1. The molecule has 1 N–H and O–H groups in total. The van der Waals surface area contributed by atoms with Crippen molar-refractivity contribution in [2.75, 3.05) is 18.0 Å². The molecule has 0 unspecified atom stereocenters. The third-order valence-corrected chi connectivity index (χ3v) is 1.88. The van der Waals surface area contributed by atoms with Gasteiger partial charge >= 0.3 is 5.97 Å². The van der Waals surface area contributed by atoms with E-state index in [-0.39, 0.29) is 5.69 Å². The third-order valence-electron chi connectivity index (χ3n) is 1.88. The molecule has 80 valence electrons. The number of hydrogen-bond acceptors (Lipinski definition) is 4. The second-order valence-electron chi connectivity index (χ2n) is 2.87. The Morgan fingerprint density at radius 2 is 2.47 bits per heavy atom. The van der Waals surface area contributed by atoms with Gasteiger partial charge in [-0.15, -0.1) is 6.58 Å². The molecule has 15 heavy (non-hydrogen) atoms. The quantitative estimate of drug-likeness (QED) is 0.734. The lowest BCUT2D eigenvalue weighted by molar-refractivity contribution is 0.0690. The van der Waals surface area contributed by atoms with Crippen LogP contribution < -0.4 is 4.90 Å². The van der Waals surface area contributed by atoms with Crippen LogP contribution in [0.2, 0.25) is 0 Å². The highest BCUT2D eigenvalue weighted by molar-refractivity contribution is 5.85. The zero-order valence-electron chi connectivity index (χ0n) is 8.55. The second kappa shape index (κ2) is 5.09. The van der Waals surface area contributed by atoms with Crippen LogP contribution in [0.5, 0.6) is 0 Å². The SMILES string of the molecule is C=CCN(CC)c1nccc(C(=O)O)n1. The zero-order valence-corrected chi connectivity index (χ0v) is 8.55. The molecule has 5 nitrogen and oxygen atoms in total. The van der Waals surface area contributed by atoms with Gasteiger partial charge in [0.05, 0.1) is 0 Å². The molecule has 1 rings (SSSR count). The maximum absolute atomic E-state index is 10.7. The molecule has 0 fully saturated rings. The Balaban J connectivity index is 2.97. The molecule has 0 aliphatic heterocycles. The molecule has 0 spiro atoms. The summed E-state index contributed by atoms with van der Waals surface area (Å²) in [5, 5.41) is 8.76. The Morgan fingerprint density at radius 3 is 3.00 bits per heavy atom. The zero-order chi connectivity index (χ0) is 11.3. The van der Waals surface area contributed by atoms with E-state index in [1.54, 1.807) is 6.08 Å². The van der Waals surface area contributed by atoms with E-state index in [4.69, 9.17) is 5.11 Å². The fraction of sp³-hybridized carbons (Fsp3) is 0.300. The number of anilines is 1. The molecule has 0 saturated heterocycles. The van der Waals surface area contributed by atoms with Crippen molar-refractivity contribution >= 4 is 11.9 Å². The summed E-state index contributed by atoms with van der Waals surface area (Å²) in [6, 6.07) is 1.37. The summed E-state index contributed by atoms with van der Waals surface area (Å²) in [6.07, 6.45) is 3.16. The van der Waals surface area contributed by atoms with E-state index in [9.17, 15) is 4.79 Å². The van der Waals surface area contributed by atoms with Gasteiger partial charge in [-0.05, 0) is 13.0 Å². The molecule has 0 atom stereocenters. The van der Waals surface area contributed by atoms with Gasteiger partial charge in [0, 0.05) is 19.3 Å². The van der Waals surface area contributed by atoms with Crippen LogP contribution >= 0.6 is 0 Å². The van der Waals surface area contributed by atoms with Crippen molar-refractivity contribution in [2.24, 2.45) is 0 Å². The molecule has 0 aliphatic carbocycles. The fourth-order valence-corrected chi connectivity index (χ4v) is 1.13. The molecular weight excluding hydrogens is 194 g/mol. The number of rotatable bonds is 5. The molecule has 1 heterocycles. The van der Waals surface area contributed by atoms with Crippen molar-refractivity contribution in [1.29, 1.82) is 0 Å². The van der Waals surface area contributed by atoms with E-state index in [2.05, 4.69) is 16.5 Å². The molecule has 1 aromatic rings. The average Bonchev–Trinajstić information content (AvgIpc) is 2.26. The summed E-state index contributed by atoms with van der Waals surface area (Å²) < 4.78 is 0. The lowest BCUT2D eigenvalue weighted by Gasteiger charge is -2.18. The molecule has 1 aromatic heterocycles. The molecule has 0 aliphatic rings. The van der Waals surface area contributed by atoms with Gasteiger partial charge in [0.15, 0.2) is 5.69 Å². The van der Waals surface area contributed by atoms with Gasteiger partial charge in [-0.1, -0.05) is 6.08 Å². The number of aromatic nitrogens is 2. The van der Waals surface area contributed by atoms with Crippen LogP contribution in [0.4, 0.5) is 5.95 Å². The van der Waals surface area contributed by atoms with Crippen LogP contribution in [0.1, 0.15) is 17.4 Å². The molecule has 0 saturated carbocycles. The molecule has 0 amide bonds. The second-order valence-corrected chi connectivity index (χ2v) is 2.87. The Kier molecular flexibility index (Phi) is 3.79. The van der Waals surface area contributed by atoms with Crippen molar-refractivity contribution in [3.8, 4) is 0 Å². The highest BCUT2D eigenvalue weighted by Gasteiger charge is 2.09. The van der Waals surface area contributed by atoms with Gasteiger partial charge in [-0.3, -0.25) is 0 Å². The maximum Gasteiger partial charge on any atom is 0.354 e. The summed E-state index contributed by atoms with van der Waals surface area (Å²) in [4.78, 5) is 20.5. The number of aromatic carboxylic acids is 1. The summed E-state index contributed by atoms with van der Waals surface area (Å²) in [5.74, 6) is -0.634. The minimum atomic E-state index is -1.05. The first-order valence-electron chi connectivity index (χ1n) is 4.61. The fourth-order valence-electron chi connectivity index (χ4n) is 1.13. The third kappa shape index (κ3) is 2.77. The monoisotopic (exact) mass is 207 g/mol. The summed E-state index contributed by atoms with van der Waals surface area (Å²) in [7, 11) is 0. The van der Waals surface area contributed by atoms with E-state index >= 15 is 0 Å². The van der Waals surface area contributed by atoms with Crippen molar-refractivity contribution in [2.45, 2.75) is 6.92 Å². The minimum absolute atomic E-state index is 0.00233. The van der Waals surface area contributed by atoms with Crippen LogP contribution in [0.15, 0.2) is 24.9 Å². The van der Waals surface area contributed by atoms with Crippen molar-refractivity contribution < 1.29 is 9.90 Å². The van der Waals surface area contributed by atoms with E-state index in [1.807, 2.05) is 11.8 Å². The minimum Gasteiger partial charge on any atom is -0.477 e. The van der Waals surface area contributed by atoms with E-state index in [0.29, 0.717) is 19.0 Å². The Morgan fingerprint density at radius 1 is 1.73 bits per heavy atom. The molecule has 5 heteroatoms. The first-order chi connectivity index (χ1) is 7.19. The van der Waals surface area contributed by atoms with Crippen LogP contribution in [-0.4, -0.2) is 34.1 Å². The predicted molar refractivity (Wildman–Crippen MR) is 57.1 cm³/mol. The first-order valence-corrected chi connectivity index (χ1v) is 4.61. The number of carboxylic acids is 1. The van der Waals surface area contributed by atoms with E-state index in [0.717, 1.165) is 0 Å². The normalized spacial score (nSPS) is 9.67. The molecule has 0 radical (unpaired) electrons. The van der Waals surface area contributed by atoms with E-state index < -0.39 is 5.97 Å². The van der Waals surface area contributed by atoms with Gasteiger partial charge in [0.1, 0.15) is 0 Å². The Hall–Kier alpha value is -1.91. The van der Waals surface area contributed by atoms with Crippen molar-refractivity contribution in [3.05, 3.63) is 30.6 Å². The van der Waals surface area contributed by atoms with Crippen LogP contribution in [-0.2, 0) is 0 Å². The van der Waals surface area contributed by atoms with Gasteiger partial charge < -0.3 is 10.0 Å². The number of hydrogen-bond donors (Lipinski definition) is 1. The predicted octanol–water partition coefficient (Wildman–Crippen LogP) is 1.19. The molecular formula is C10H13N3O2. The van der Waals surface area contributed by atoms with Crippen molar-refractivity contribution in [1.82, 2.24) is 9.97 Å². The van der Waals surface area contributed by atoms with Gasteiger partial charge in [-0.2, -0.15) is 0 Å². The van der Waals surface area contributed by atoms with Crippen LogP contribution in [0.3, 0.4) is 0 Å². The van der Waals surface area contributed by atoms with Crippen LogP contribution in [0, 0.1) is 0 Å². The lowest BCUT2D eigenvalue weighted by atomic mass is 10.4. The standard InChI is InChI=1S/C10H13N3O2/c1-3-7-13(4-2)10-11-6-5-8(12-10)9(14)15/h3,5-6H,1,4,7H2,2H3,(H,14,15). The summed E-state index contributed by atoms with van der Waals surface area (Å²) in [5.41, 5.74) is 0.00233. The maximum atomic E-state index is 10.7. The van der Waals surface area contributed by atoms with Crippen LogP contribution in [0.25, 0.3) is 0 Å². The first kappa shape index (κ1) is 11.2. The largest absolute Gasteiger partial charge is 0.477 e. The number of carbonyl (C=O) groups is 1. The molecule has 0 bridgehead atoms. The smallest absolute Gasteiger partial charge is 0.354 e. The average molecular weight is 207 g/mol. The Labute approximate surface area is 88.1 Å². The van der Waals surface area contributed by atoms with Gasteiger partial charge in [-0.25, -0.2) is 14.8 Å². The highest BCUT2D eigenvalue weighted by atomic mass is 16.4. The Bertz CT molecular complexity index is 365. The summed E-state index contributed by atoms with van der Waals surface area (Å²) in [6.45, 7) is 6.86. The van der Waals surface area contributed by atoms with E-state index in [1.165, 1.54) is 12.3 Å². The topological polar surface area (TPSA) is 66.3 Å².